The molecule has 0 amide bonds. The van der Waals surface area contributed by atoms with Crippen molar-refractivity contribution in [3.8, 4) is 22.2 Å². The van der Waals surface area contributed by atoms with Gasteiger partial charge in [-0.25, -0.2) is 15.0 Å². The summed E-state index contributed by atoms with van der Waals surface area (Å²) in [7, 11) is 0. The number of hydrogen-bond acceptors (Lipinski definition) is 6. The van der Waals surface area contributed by atoms with Crippen molar-refractivity contribution in [3.05, 3.63) is 101 Å². The normalized spacial score (nSPS) is 16.2. The fourth-order valence-electron chi connectivity index (χ4n) is 6.52. The zero-order chi connectivity index (χ0) is 30.8. The minimum absolute atomic E-state index is 0.0443. The van der Waals surface area contributed by atoms with Gasteiger partial charge in [0.1, 0.15) is 16.6 Å². The highest BCUT2D eigenvalue weighted by atomic mass is 32.1. The van der Waals surface area contributed by atoms with Crippen LogP contribution in [0.5, 0.6) is 0 Å². The van der Waals surface area contributed by atoms with E-state index in [0.717, 1.165) is 82.4 Å². The second kappa shape index (κ2) is 12.4. The number of nitrogens with zero attached hydrogens (tertiary/aromatic N) is 5. The van der Waals surface area contributed by atoms with Crippen LogP contribution >= 0.6 is 11.3 Å². The number of carbonyl (C=O) groups excluding carboxylic acids is 2. The molecule has 5 aromatic rings. The number of aromatic nitrogens is 5. The molecule has 226 valence electrons. The third-order valence-electron chi connectivity index (χ3n) is 8.50. The van der Waals surface area contributed by atoms with Gasteiger partial charge >= 0.3 is 0 Å². The zero-order valence-electron chi connectivity index (χ0n) is 25.9. The average Bonchev–Trinajstić information content (AvgIpc) is 3.77. The van der Waals surface area contributed by atoms with Crippen LogP contribution in [0.4, 0.5) is 0 Å². The summed E-state index contributed by atoms with van der Waals surface area (Å²) in [5, 5.41) is 2.84. The molecule has 0 bridgehead atoms. The van der Waals surface area contributed by atoms with Crippen LogP contribution in [0.2, 0.25) is 0 Å². The first-order valence-electron chi connectivity index (χ1n) is 15.5. The molecule has 2 aliphatic rings. The Morgan fingerprint density at radius 2 is 1.52 bits per heavy atom. The Bertz CT molecular complexity index is 1760. The summed E-state index contributed by atoms with van der Waals surface area (Å²) >= 11 is 1.56. The van der Waals surface area contributed by atoms with E-state index in [1.54, 1.807) is 23.7 Å². The molecule has 44 heavy (non-hydrogen) atoms. The smallest absolute Gasteiger partial charge is 0.165 e. The molecular formula is C36H39N5O2S. The van der Waals surface area contributed by atoms with Gasteiger partial charge in [0.05, 0.1) is 0 Å². The highest BCUT2D eigenvalue weighted by Gasteiger charge is 2.34. The summed E-state index contributed by atoms with van der Waals surface area (Å²) in [6, 6.07) is 11.8. The standard InChI is InChI=1S/C20H26N2O.C16H13N3OS/c1-5-8-14-11-16-19(17(23)12-14)15(20(2,3)4)13-22(16)18-9-6-7-10-21-18;20-13-5-3-4-12-15(13)11(16-18-8-9-21-16)10-19(12)14-6-1-2-7-17-14/h6-7,9-10,13-14H,5,8,11-12H2,1-4H3;1-2,6-10H,3-5H2. The van der Waals surface area contributed by atoms with Crippen molar-refractivity contribution < 1.29 is 9.59 Å². The summed E-state index contributed by atoms with van der Waals surface area (Å²) in [5.41, 5.74) is 6.06. The van der Waals surface area contributed by atoms with E-state index >= 15 is 0 Å². The zero-order valence-corrected chi connectivity index (χ0v) is 26.7. The maximum absolute atomic E-state index is 12.8. The highest BCUT2D eigenvalue weighted by Crippen LogP contribution is 2.38. The minimum atomic E-state index is -0.0443. The monoisotopic (exact) mass is 605 g/mol. The van der Waals surface area contributed by atoms with Crippen LogP contribution < -0.4 is 0 Å². The van der Waals surface area contributed by atoms with Crippen LogP contribution in [0.1, 0.15) is 97.5 Å². The Labute approximate surface area is 263 Å². The van der Waals surface area contributed by atoms with Crippen molar-refractivity contribution in [2.24, 2.45) is 5.92 Å². The summed E-state index contributed by atoms with van der Waals surface area (Å²) in [6.45, 7) is 8.72. The summed E-state index contributed by atoms with van der Waals surface area (Å²) in [6.07, 6.45) is 15.8. The molecule has 7 rings (SSSR count). The van der Waals surface area contributed by atoms with E-state index in [2.05, 4.69) is 53.4 Å². The lowest BCUT2D eigenvalue weighted by atomic mass is 9.78. The molecule has 0 spiro atoms. The number of Topliss-reactive ketones (excluding diaryl/α,β-unsaturated/α-hetero) is 2. The van der Waals surface area contributed by atoms with Gasteiger partial charge in [0.2, 0.25) is 0 Å². The van der Waals surface area contributed by atoms with Gasteiger partial charge in [-0.2, -0.15) is 0 Å². The predicted octanol–water partition coefficient (Wildman–Crippen LogP) is 8.23. The van der Waals surface area contributed by atoms with Crippen molar-refractivity contribution in [2.45, 2.75) is 78.1 Å². The number of hydrogen-bond donors (Lipinski definition) is 0. The predicted molar refractivity (Wildman–Crippen MR) is 175 cm³/mol. The van der Waals surface area contributed by atoms with Crippen LogP contribution in [-0.4, -0.2) is 35.7 Å². The number of fused-ring (bicyclic) bond motifs is 2. The van der Waals surface area contributed by atoms with Gasteiger partial charge in [-0.3, -0.25) is 9.59 Å². The molecule has 0 N–H and O–H groups in total. The SMILES string of the molecule is CCCC1CC(=O)c2c(C(C)(C)C)cn(-c3ccccn3)c2C1.O=C1CCCc2c1c(-c1nccs1)cn2-c1ccccn1. The van der Waals surface area contributed by atoms with E-state index in [0.29, 0.717) is 24.5 Å². The van der Waals surface area contributed by atoms with E-state index in [-0.39, 0.29) is 11.2 Å². The lowest BCUT2D eigenvalue weighted by molar-refractivity contribution is 0.0941. The van der Waals surface area contributed by atoms with Gasteiger partial charge in [-0.15, -0.1) is 11.3 Å². The van der Waals surface area contributed by atoms with Crippen LogP contribution in [-0.2, 0) is 18.3 Å². The number of thiazole rings is 1. The molecular weight excluding hydrogens is 566 g/mol. The summed E-state index contributed by atoms with van der Waals surface area (Å²) in [5.74, 6) is 2.75. The van der Waals surface area contributed by atoms with Crippen molar-refractivity contribution in [3.63, 3.8) is 0 Å². The molecule has 7 nitrogen and oxygen atoms in total. The van der Waals surface area contributed by atoms with Crippen molar-refractivity contribution in [1.29, 1.82) is 0 Å². The largest absolute Gasteiger partial charge is 0.305 e. The first kappa shape index (κ1) is 29.9. The second-order valence-corrected chi connectivity index (χ2v) is 13.6. The first-order valence-corrected chi connectivity index (χ1v) is 16.4. The molecule has 0 aliphatic heterocycles. The molecule has 0 radical (unpaired) electrons. The van der Waals surface area contributed by atoms with Crippen LogP contribution in [0, 0.1) is 5.92 Å². The lowest BCUT2D eigenvalue weighted by Gasteiger charge is -2.25. The molecule has 5 heterocycles. The summed E-state index contributed by atoms with van der Waals surface area (Å²) in [4.78, 5) is 38.5. The van der Waals surface area contributed by atoms with E-state index < -0.39 is 0 Å². The third-order valence-corrected chi connectivity index (χ3v) is 9.31. The van der Waals surface area contributed by atoms with Gasteiger partial charge in [0.25, 0.3) is 0 Å². The van der Waals surface area contributed by atoms with E-state index in [9.17, 15) is 9.59 Å². The van der Waals surface area contributed by atoms with E-state index in [4.69, 9.17) is 0 Å². The Hall–Kier alpha value is -4.17. The molecule has 8 heteroatoms. The van der Waals surface area contributed by atoms with Crippen LogP contribution in [0.25, 0.3) is 22.2 Å². The lowest BCUT2D eigenvalue weighted by Crippen LogP contribution is -2.24. The second-order valence-electron chi connectivity index (χ2n) is 12.7. The average molecular weight is 606 g/mol. The molecule has 1 atom stereocenters. The fourth-order valence-corrected chi connectivity index (χ4v) is 7.17. The summed E-state index contributed by atoms with van der Waals surface area (Å²) < 4.78 is 4.19. The van der Waals surface area contributed by atoms with Gasteiger partial charge in [-0.1, -0.05) is 46.2 Å². The maximum Gasteiger partial charge on any atom is 0.165 e. The minimum Gasteiger partial charge on any atom is -0.305 e. The van der Waals surface area contributed by atoms with E-state index in [1.165, 1.54) is 0 Å². The molecule has 0 saturated heterocycles. The Morgan fingerprint density at radius 1 is 0.818 bits per heavy atom. The van der Waals surface area contributed by atoms with Gasteiger partial charge < -0.3 is 9.13 Å². The topological polar surface area (TPSA) is 82.7 Å². The van der Waals surface area contributed by atoms with Gasteiger partial charge in [0, 0.05) is 77.3 Å². The Kier molecular flexibility index (Phi) is 8.45. The quantitative estimate of drug-likeness (QED) is 0.202. The Balaban J connectivity index is 0.000000156. The number of pyridine rings is 2. The number of ketones is 2. The fraction of sp³-hybridized carbons (Fsp3) is 0.361. The Morgan fingerprint density at radius 3 is 2.11 bits per heavy atom. The molecule has 2 aliphatic carbocycles. The molecule has 0 aromatic carbocycles. The van der Waals surface area contributed by atoms with E-state index in [1.807, 2.05) is 58.7 Å². The van der Waals surface area contributed by atoms with Gasteiger partial charge in [-0.05, 0) is 66.8 Å². The van der Waals surface area contributed by atoms with Gasteiger partial charge in [0.15, 0.2) is 11.6 Å². The molecule has 1 unspecified atom stereocenters. The maximum atomic E-state index is 12.8. The van der Waals surface area contributed by atoms with Crippen LogP contribution in [0.15, 0.2) is 72.8 Å². The highest BCUT2D eigenvalue weighted by molar-refractivity contribution is 7.13. The third kappa shape index (κ3) is 5.83. The number of rotatable bonds is 5. The molecule has 0 saturated carbocycles. The van der Waals surface area contributed by atoms with Crippen molar-refractivity contribution >= 4 is 22.9 Å². The molecule has 0 fully saturated rings. The first-order chi connectivity index (χ1) is 21.3. The van der Waals surface area contributed by atoms with Crippen LogP contribution in [0.3, 0.4) is 0 Å². The molecule has 5 aromatic heterocycles. The number of carbonyl (C=O) groups is 2. The van der Waals surface area contributed by atoms with Crippen molar-refractivity contribution in [2.75, 3.05) is 0 Å². The van der Waals surface area contributed by atoms with Crippen molar-refractivity contribution in [1.82, 2.24) is 24.1 Å².